The van der Waals surface area contributed by atoms with Gasteiger partial charge in [0.25, 0.3) is 10.0 Å². The van der Waals surface area contributed by atoms with Crippen molar-refractivity contribution in [3.63, 3.8) is 0 Å². The normalized spacial score (nSPS) is 11.1. The number of nitrogens with zero attached hydrogens (tertiary/aromatic N) is 1. The quantitative estimate of drug-likeness (QED) is 0.847. The summed E-state index contributed by atoms with van der Waals surface area (Å²) >= 11 is 0. The van der Waals surface area contributed by atoms with Crippen LogP contribution in [0.25, 0.3) is 0 Å². The first-order valence-electron chi connectivity index (χ1n) is 6.46. The number of nitrogens with one attached hydrogen (secondary N) is 1. The molecule has 0 bridgehead atoms. The van der Waals surface area contributed by atoms with E-state index in [4.69, 9.17) is 10.5 Å². The number of nitrogens with two attached hydrogens (primary N) is 1. The van der Waals surface area contributed by atoms with E-state index in [9.17, 15) is 8.42 Å². The zero-order valence-corrected chi connectivity index (χ0v) is 12.4. The highest BCUT2D eigenvalue weighted by Crippen LogP contribution is 2.20. The molecule has 0 aliphatic rings. The van der Waals surface area contributed by atoms with Gasteiger partial charge in [-0.25, -0.2) is 8.42 Å². The fourth-order valence-electron chi connectivity index (χ4n) is 1.72. The van der Waals surface area contributed by atoms with Gasteiger partial charge in [0.2, 0.25) is 0 Å². The van der Waals surface area contributed by atoms with E-state index in [1.807, 2.05) is 6.92 Å². The smallest absolute Gasteiger partial charge is 0.263 e. The van der Waals surface area contributed by atoms with Crippen LogP contribution in [0, 0.1) is 0 Å². The summed E-state index contributed by atoms with van der Waals surface area (Å²) in [6.45, 7) is 2.65. The van der Waals surface area contributed by atoms with Crippen LogP contribution in [0.3, 0.4) is 0 Å². The van der Waals surface area contributed by atoms with Crippen molar-refractivity contribution in [2.45, 2.75) is 18.4 Å². The monoisotopic (exact) mass is 307 g/mol. The molecule has 1 heterocycles. The van der Waals surface area contributed by atoms with Crippen LogP contribution < -0.4 is 15.2 Å². The molecule has 0 aliphatic heterocycles. The first kappa shape index (κ1) is 15.3. The van der Waals surface area contributed by atoms with Gasteiger partial charge in [-0.05, 0) is 31.2 Å². The average Bonchev–Trinajstić information content (AvgIpc) is 2.47. The molecule has 6 nitrogen and oxygen atoms in total. The average molecular weight is 307 g/mol. The summed E-state index contributed by atoms with van der Waals surface area (Å²) in [6, 6.07) is 9.83. The number of hydrogen-bond acceptors (Lipinski definition) is 5. The fraction of sp³-hybridized carbons (Fsp3) is 0.214. The molecular weight excluding hydrogens is 290 g/mol. The second-order valence-corrected chi connectivity index (χ2v) is 5.94. The third-order valence-electron chi connectivity index (χ3n) is 2.71. The minimum atomic E-state index is -3.68. The van der Waals surface area contributed by atoms with Gasteiger partial charge in [0.05, 0.1) is 18.0 Å². The summed E-state index contributed by atoms with van der Waals surface area (Å²) in [5.41, 5.74) is 6.50. The Balaban J connectivity index is 2.21. The Morgan fingerprint density at radius 3 is 2.71 bits per heavy atom. The summed E-state index contributed by atoms with van der Waals surface area (Å²) in [7, 11) is -3.68. The number of hydrogen-bond donors (Lipinski definition) is 2. The topological polar surface area (TPSA) is 94.3 Å². The number of rotatable bonds is 6. The lowest BCUT2D eigenvalue weighted by Crippen LogP contribution is -2.13. The Morgan fingerprint density at radius 2 is 2.10 bits per heavy atom. The lowest BCUT2D eigenvalue weighted by Gasteiger charge is -2.10. The van der Waals surface area contributed by atoms with E-state index in [2.05, 4.69) is 9.71 Å². The van der Waals surface area contributed by atoms with Gasteiger partial charge in [-0.2, -0.15) is 0 Å². The SMILES string of the molecule is CCOc1cccc(NS(=O)(=O)c2ccc(CN)nc2)c1. The highest BCUT2D eigenvalue weighted by atomic mass is 32.2. The first-order chi connectivity index (χ1) is 10.0. The van der Waals surface area contributed by atoms with E-state index in [-0.39, 0.29) is 11.4 Å². The van der Waals surface area contributed by atoms with Crippen molar-refractivity contribution in [1.29, 1.82) is 0 Å². The molecule has 7 heteroatoms. The van der Waals surface area contributed by atoms with Crippen LogP contribution >= 0.6 is 0 Å². The van der Waals surface area contributed by atoms with Gasteiger partial charge in [-0.3, -0.25) is 9.71 Å². The Labute approximate surface area is 124 Å². The molecule has 0 amide bonds. The molecule has 112 valence electrons. The molecule has 2 rings (SSSR count). The molecule has 0 saturated heterocycles. The first-order valence-corrected chi connectivity index (χ1v) is 7.94. The predicted octanol–water partition coefficient (Wildman–Crippen LogP) is 1.74. The van der Waals surface area contributed by atoms with Crippen LogP contribution in [0.1, 0.15) is 12.6 Å². The molecule has 0 spiro atoms. The summed E-state index contributed by atoms with van der Waals surface area (Å²) in [6.07, 6.45) is 1.29. The van der Waals surface area contributed by atoms with Crippen molar-refractivity contribution in [3.05, 3.63) is 48.3 Å². The molecule has 21 heavy (non-hydrogen) atoms. The van der Waals surface area contributed by atoms with E-state index in [1.54, 1.807) is 30.3 Å². The second-order valence-electron chi connectivity index (χ2n) is 4.26. The van der Waals surface area contributed by atoms with Crippen LogP contribution in [-0.4, -0.2) is 20.0 Å². The van der Waals surface area contributed by atoms with Crippen LogP contribution in [0.4, 0.5) is 5.69 Å². The van der Waals surface area contributed by atoms with Crippen molar-refractivity contribution < 1.29 is 13.2 Å². The molecule has 2 aromatic rings. The van der Waals surface area contributed by atoms with Crippen molar-refractivity contribution in [1.82, 2.24) is 4.98 Å². The maximum atomic E-state index is 12.2. The Morgan fingerprint density at radius 1 is 1.29 bits per heavy atom. The number of sulfonamides is 1. The molecule has 3 N–H and O–H groups in total. The molecule has 1 aromatic carbocycles. The number of ether oxygens (including phenoxy) is 1. The molecule has 0 fully saturated rings. The molecule has 1 aromatic heterocycles. The van der Waals surface area contributed by atoms with Gasteiger partial charge in [-0.15, -0.1) is 0 Å². The van der Waals surface area contributed by atoms with E-state index in [0.717, 1.165) is 0 Å². The number of anilines is 1. The molecule has 0 saturated carbocycles. The number of benzene rings is 1. The molecule has 0 atom stereocenters. The Kier molecular flexibility index (Phi) is 4.77. The molecule has 0 radical (unpaired) electrons. The van der Waals surface area contributed by atoms with Crippen molar-refractivity contribution in [2.24, 2.45) is 5.73 Å². The minimum Gasteiger partial charge on any atom is -0.494 e. The molecule has 0 aliphatic carbocycles. The molecule has 0 unspecified atom stereocenters. The lowest BCUT2D eigenvalue weighted by molar-refractivity contribution is 0.340. The van der Waals surface area contributed by atoms with Crippen LogP contribution in [0.15, 0.2) is 47.5 Å². The largest absolute Gasteiger partial charge is 0.494 e. The third-order valence-corrected chi connectivity index (χ3v) is 4.08. The highest BCUT2D eigenvalue weighted by molar-refractivity contribution is 7.92. The van der Waals surface area contributed by atoms with Gasteiger partial charge in [0.1, 0.15) is 10.6 Å². The minimum absolute atomic E-state index is 0.0847. The molecular formula is C14H17N3O3S. The Bertz CT molecular complexity index is 700. The maximum Gasteiger partial charge on any atom is 0.263 e. The zero-order valence-electron chi connectivity index (χ0n) is 11.6. The van der Waals surface area contributed by atoms with Gasteiger partial charge >= 0.3 is 0 Å². The number of pyridine rings is 1. The van der Waals surface area contributed by atoms with Crippen molar-refractivity contribution >= 4 is 15.7 Å². The Hall–Kier alpha value is -2.12. The summed E-state index contributed by atoms with van der Waals surface area (Å²) < 4.78 is 32.3. The van der Waals surface area contributed by atoms with Gasteiger partial charge in [0.15, 0.2) is 0 Å². The van der Waals surface area contributed by atoms with Crippen molar-refractivity contribution in [3.8, 4) is 5.75 Å². The van der Waals surface area contributed by atoms with Crippen LogP contribution in [0.5, 0.6) is 5.75 Å². The van der Waals surface area contributed by atoms with E-state index in [0.29, 0.717) is 23.7 Å². The second kappa shape index (κ2) is 6.55. The van der Waals surface area contributed by atoms with Gasteiger partial charge in [0, 0.05) is 18.8 Å². The van der Waals surface area contributed by atoms with Crippen LogP contribution in [0.2, 0.25) is 0 Å². The number of aromatic nitrogens is 1. The van der Waals surface area contributed by atoms with Crippen molar-refractivity contribution in [2.75, 3.05) is 11.3 Å². The van der Waals surface area contributed by atoms with E-state index >= 15 is 0 Å². The van der Waals surface area contributed by atoms with E-state index in [1.165, 1.54) is 12.3 Å². The summed E-state index contributed by atoms with van der Waals surface area (Å²) in [5.74, 6) is 0.606. The summed E-state index contributed by atoms with van der Waals surface area (Å²) in [5, 5.41) is 0. The maximum absolute atomic E-state index is 12.2. The standard InChI is InChI=1S/C14H17N3O3S/c1-2-20-13-5-3-4-11(8-13)17-21(18,19)14-7-6-12(9-15)16-10-14/h3-8,10,17H,2,9,15H2,1H3. The van der Waals surface area contributed by atoms with Gasteiger partial charge < -0.3 is 10.5 Å². The highest BCUT2D eigenvalue weighted by Gasteiger charge is 2.14. The zero-order chi connectivity index (χ0) is 15.3. The lowest BCUT2D eigenvalue weighted by atomic mass is 10.3. The predicted molar refractivity (Wildman–Crippen MR) is 80.5 cm³/mol. The van der Waals surface area contributed by atoms with Gasteiger partial charge in [-0.1, -0.05) is 6.07 Å². The fourth-order valence-corrected chi connectivity index (χ4v) is 2.71. The van der Waals surface area contributed by atoms with E-state index < -0.39 is 10.0 Å². The van der Waals surface area contributed by atoms with Crippen LogP contribution in [-0.2, 0) is 16.6 Å². The third kappa shape index (κ3) is 3.93. The summed E-state index contributed by atoms with van der Waals surface area (Å²) in [4.78, 5) is 4.07.